The molecule has 0 aromatic carbocycles. The van der Waals surface area contributed by atoms with Crippen LogP contribution in [0.5, 0.6) is 0 Å². The monoisotopic (exact) mass is 152 g/mol. The number of ether oxygens (including phenoxy) is 1. The first-order valence-electron chi connectivity index (χ1n) is 3.30. The van der Waals surface area contributed by atoms with Gasteiger partial charge in [-0.3, -0.25) is 0 Å². The Morgan fingerprint density at radius 1 is 1.64 bits per heavy atom. The fourth-order valence-electron chi connectivity index (χ4n) is 0.385. The lowest BCUT2D eigenvalue weighted by molar-refractivity contribution is 0.294. The Morgan fingerprint density at radius 3 is 3.09 bits per heavy atom. The van der Waals surface area contributed by atoms with E-state index in [1.165, 1.54) is 12.5 Å². The van der Waals surface area contributed by atoms with Crippen LogP contribution in [-0.2, 0) is 4.74 Å². The van der Waals surface area contributed by atoms with E-state index in [-0.39, 0.29) is 0 Å². The molecule has 0 aliphatic rings. The maximum Gasteiger partial charge on any atom is 0.148 e. The van der Waals surface area contributed by atoms with Crippen molar-refractivity contribution in [1.29, 1.82) is 5.41 Å². The summed E-state index contributed by atoms with van der Waals surface area (Å²) in [6.45, 7) is 2.71. The molecular formula is C8H12N2O. The summed E-state index contributed by atoms with van der Waals surface area (Å²) in [6, 6.07) is 0. The van der Waals surface area contributed by atoms with Gasteiger partial charge in [0.1, 0.15) is 12.9 Å². The Morgan fingerprint density at radius 2 is 2.45 bits per heavy atom. The van der Waals surface area contributed by atoms with Crippen LogP contribution >= 0.6 is 0 Å². The Bertz CT molecular complexity index is 176. The van der Waals surface area contributed by atoms with Crippen LogP contribution in [0.4, 0.5) is 0 Å². The van der Waals surface area contributed by atoms with Crippen LogP contribution in [-0.4, -0.2) is 19.4 Å². The van der Waals surface area contributed by atoms with Gasteiger partial charge in [-0.1, -0.05) is 5.92 Å². The van der Waals surface area contributed by atoms with Crippen LogP contribution < -0.4 is 5.32 Å². The minimum absolute atomic E-state index is 0.416. The van der Waals surface area contributed by atoms with Crippen LogP contribution in [0.15, 0.2) is 12.5 Å². The summed E-state index contributed by atoms with van der Waals surface area (Å²) in [5.41, 5.74) is 0. The SMILES string of the molecule is CC#CCO/C=C/NCC=N. The molecule has 0 fully saturated rings. The molecule has 0 aliphatic carbocycles. The van der Waals surface area contributed by atoms with Crippen LogP contribution in [0.25, 0.3) is 0 Å². The van der Waals surface area contributed by atoms with Crippen molar-refractivity contribution < 1.29 is 4.74 Å². The Kier molecular flexibility index (Phi) is 7.46. The lowest BCUT2D eigenvalue weighted by Crippen LogP contribution is -2.06. The molecule has 11 heavy (non-hydrogen) atoms. The van der Waals surface area contributed by atoms with E-state index in [0.717, 1.165) is 0 Å². The molecule has 0 saturated carbocycles. The molecule has 3 nitrogen and oxygen atoms in total. The average molecular weight is 152 g/mol. The van der Waals surface area contributed by atoms with Crippen LogP contribution in [0.1, 0.15) is 6.92 Å². The average Bonchev–Trinajstić information content (AvgIpc) is 2.03. The summed E-state index contributed by atoms with van der Waals surface area (Å²) in [6.07, 6.45) is 4.44. The third kappa shape index (κ3) is 8.57. The highest BCUT2D eigenvalue weighted by Crippen LogP contribution is 1.72. The summed E-state index contributed by atoms with van der Waals surface area (Å²) in [4.78, 5) is 0. The third-order valence-electron chi connectivity index (χ3n) is 0.834. The van der Waals surface area contributed by atoms with Crippen molar-refractivity contribution in [3.63, 3.8) is 0 Å². The molecule has 0 rings (SSSR count). The van der Waals surface area contributed by atoms with Gasteiger partial charge in [0.15, 0.2) is 0 Å². The summed E-state index contributed by atoms with van der Waals surface area (Å²) < 4.78 is 4.93. The second kappa shape index (κ2) is 8.57. The van der Waals surface area contributed by atoms with Gasteiger partial charge < -0.3 is 15.5 Å². The molecule has 0 saturated heterocycles. The van der Waals surface area contributed by atoms with Gasteiger partial charge in [0.25, 0.3) is 0 Å². The van der Waals surface area contributed by atoms with Crippen LogP contribution in [0.3, 0.4) is 0 Å². The maximum atomic E-state index is 6.66. The zero-order chi connectivity index (χ0) is 8.36. The molecule has 0 amide bonds. The zero-order valence-corrected chi connectivity index (χ0v) is 6.55. The van der Waals surface area contributed by atoms with Crippen molar-refractivity contribution in [3.05, 3.63) is 12.5 Å². The third-order valence-corrected chi connectivity index (χ3v) is 0.834. The smallest absolute Gasteiger partial charge is 0.148 e. The van der Waals surface area contributed by atoms with E-state index in [1.807, 2.05) is 0 Å². The van der Waals surface area contributed by atoms with E-state index in [2.05, 4.69) is 17.2 Å². The number of hydrogen-bond acceptors (Lipinski definition) is 3. The minimum Gasteiger partial charge on any atom is -0.487 e. The number of rotatable bonds is 5. The van der Waals surface area contributed by atoms with E-state index < -0.39 is 0 Å². The normalized spacial score (nSPS) is 8.45. The summed E-state index contributed by atoms with van der Waals surface area (Å²) in [5, 5.41) is 9.48. The molecule has 0 heterocycles. The topological polar surface area (TPSA) is 45.1 Å². The van der Waals surface area contributed by atoms with Crippen LogP contribution in [0.2, 0.25) is 0 Å². The predicted molar refractivity (Wildman–Crippen MR) is 45.3 cm³/mol. The minimum atomic E-state index is 0.416. The second-order valence-electron chi connectivity index (χ2n) is 1.65. The molecule has 0 aliphatic heterocycles. The lowest BCUT2D eigenvalue weighted by Gasteiger charge is -1.93. The molecule has 0 unspecified atom stereocenters. The quantitative estimate of drug-likeness (QED) is 0.264. The molecule has 0 radical (unpaired) electrons. The molecule has 0 spiro atoms. The largest absolute Gasteiger partial charge is 0.487 e. The molecule has 0 aromatic heterocycles. The van der Waals surface area contributed by atoms with Crippen molar-refractivity contribution in [1.82, 2.24) is 5.32 Å². The van der Waals surface area contributed by atoms with Gasteiger partial charge in [-0.25, -0.2) is 0 Å². The molecule has 0 aromatic rings. The lowest BCUT2D eigenvalue weighted by atomic mass is 10.6. The first-order valence-corrected chi connectivity index (χ1v) is 3.30. The first kappa shape index (κ1) is 9.57. The molecule has 0 bridgehead atoms. The summed E-state index contributed by atoms with van der Waals surface area (Å²) >= 11 is 0. The highest BCUT2D eigenvalue weighted by Gasteiger charge is 1.72. The van der Waals surface area contributed by atoms with Crippen LogP contribution in [0, 0.1) is 17.3 Å². The van der Waals surface area contributed by atoms with E-state index in [1.54, 1.807) is 13.1 Å². The van der Waals surface area contributed by atoms with Crippen molar-refractivity contribution in [2.75, 3.05) is 13.2 Å². The van der Waals surface area contributed by atoms with Gasteiger partial charge in [0, 0.05) is 19.0 Å². The Balaban J connectivity index is 3.13. The molecule has 0 atom stereocenters. The van der Waals surface area contributed by atoms with E-state index in [4.69, 9.17) is 10.1 Å². The standard InChI is InChI=1S/C8H12N2O/c1-2-3-7-11-8-6-10-5-4-9/h4,6,8-10H,5,7H2,1H3/b8-6+,9-4?. The van der Waals surface area contributed by atoms with Crippen molar-refractivity contribution in [3.8, 4) is 11.8 Å². The highest BCUT2D eigenvalue weighted by atomic mass is 16.5. The predicted octanol–water partition coefficient (Wildman–Crippen LogP) is 0.737. The highest BCUT2D eigenvalue weighted by molar-refractivity contribution is 5.55. The second-order valence-corrected chi connectivity index (χ2v) is 1.65. The summed E-state index contributed by atoms with van der Waals surface area (Å²) in [7, 11) is 0. The van der Waals surface area contributed by atoms with E-state index >= 15 is 0 Å². The van der Waals surface area contributed by atoms with Gasteiger partial charge in [0.05, 0.1) is 0 Å². The van der Waals surface area contributed by atoms with Crippen molar-refractivity contribution >= 4 is 6.21 Å². The molecule has 3 heteroatoms. The maximum absolute atomic E-state index is 6.66. The van der Waals surface area contributed by atoms with Gasteiger partial charge in [-0.05, 0) is 6.92 Å². The molecule has 60 valence electrons. The number of nitrogens with one attached hydrogen (secondary N) is 2. The zero-order valence-electron chi connectivity index (χ0n) is 6.55. The summed E-state index contributed by atoms with van der Waals surface area (Å²) in [5.74, 6) is 5.45. The fourth-order valence-corrected chi connectivity index (χ4v) is 0.385. The molecular weight excluding hydrogens is 140 g/mol. The van der Waals surface area contributed by atoms with Gasteiger partial charge in [0.2, 0.25) is 0 Å². The van der Waals surface area contributed by atoms with E-state index in [9.17, 15) is 0 Å². The Labute approximate surface area is 67.0 Å². The van der Waals surface area contributed by atoms with Gasteiger partial charge in [-0.2, -0.15) is 0 Å². The van der Waals surface area contributed by atoms with Gasteiger partial charge in [-0.15, -0.1) is 5.92 Å². The first-order chi connectivity index (χ1) is 5.41. The fraction of sp³-hybridized carbons (Fsp3) is 0.375. The molecule has 2 N–H and O–H groups in total. The van der Waals surface area contributed by atoms with Gasteiger partial charge >= 0.3 is 0 Å². The number of hydrogen-bond donors (Lipinski definition) is 2. The van der Waals surface area contributed by atoms with Crippen molar-refractivity contribution in [2.45, 2.75) is 6.92 Å². The Hall–Kier alpha value is -1.43. The van der Waals surface area contributed by atoms with E-state index in [0.29, 0.717) is 13.2 Å². The van der Waals surface area contributed by atoms with Crippen molar-refractivity contribution in [2.24, 2.45) is 0 Å².